The second kappa shape index (κ2) is 10.5. The lowest BCUT2D eigenvalue weighted by molar-refractivity contribution is -0.142. The van der Waals surface area contributed by atoms with Gasteiger partial charge in [0, 0.05) is 17.7 Å². The SMILES string of the molecule is CCOC(=O)[C@H](CC(=O)c1ccc(C(C)(C)C)cc1)SCc1ccc(C(C)(C)C)cc1. The Balaban J connectivity index is 2.08. The zero-order valence-corrected chi connectivity index (χ0v) is 20.8. The predicted octanol–water partition coefficient (Wildman–Crippen LogP) is 6.72. The van der Waals surface area contributed by atoms with E-state index in [1.165, 1.54) is 22.9 Å². The van der Waals surface area contributed by atoms with Crippen molar-refractivity contribution in [3.05, 3.63) is 70.8 Å². The van der Waals surface area contributed by atoms with Gasteiger partial charge in [-0.25, -0.2) is 0 Å². The third-order valence-electron chi connectivity index (χ3n) is 5.26. The highest BCUT2D eigenvalue weighted by Gasteiger charge is 2.25. The van der Waals surface area contributed by atoms with Gasteiger partial charge in [-0.1, -0.05) is 90.1 Å². The van der Waals surface area contributed by atoms with Gasteiger partial charge in [-0.15, -0.1) is 11.8 Å². The van der Waals surface area contributed by atoms with Crippen molar-refractivity contribution in [1.82, 2.24) is 0 Å². The number of carbonyl (C=O) groups is 2. The first-order chi connectivity index (χ1) is 14.4. The van der Waals surface area contributed by atoms with Gasteiger partial charge < -0.3 is 4.74 Å². The highest BCUT2D eigenvalue weighted by atomic mass is 32.2. The molecule has 2 rings (SSSR count). The lowest BCUT2D eigenvalue weighted by atomic mass is 9.86. The van der Waals surface area contributed by atoms with Crippen LogP contribution in [-0.4, -0.2) is 23.6 Å². The van der Waals surface area contributed by atoms with Gasteiger partial charge in [-0.3, -0.25) is 9.59 Å². The summed E-state index contributed by atoms with van der Waals surface area (Å²) in [7, 11) is 0. The first-order valence-corrected chi connectivity index (χ1v) is 12.0. The summed E-state index contributed by atoms with van der Waals surface area (Å²) in [5, 5.41) is -0.517. The van der Waals surface area contributed by atoms with Gasteiger partial charge >= 0.3 is 5.97 Å². The van der Waals surface area contributed by atoms with Gasteiger partial charge in [0.05, 0.1) is 6.61 Å². The smallest absolute Gasteiger partial charge is 0.319 e. The summed E-state index contributed by atoms with van der Waals surface area (Å²) in [5.41, 5.74) is 4.37. The van der Waals surface area contributed by atoms with E-state index in [1.54, 1.807) is 6.92 Å². The summed E-state index contributed by atoms with van der Waals surface area (Å²) in [5.74, 6) is 0.303. The number of ether oxygens (including phenoxy) is 1. The minimum atomic E-state index is -0.517. The average Bonchev–Trinajstić information content (AvgIpc) is 2.70. The zero-order chi connectivity index (χ0) is 23.2. The lowest BCUT2D eigenvalue weighted by Gasteiger charge is -2.20. The fraction of sp³-hybridized carbons (Fsp3) is 0.481. The monoisotopic (exact) mass is 440 g/mol. The molecule has 0 aliphatic heterocycles. The molecule has 0 aliphatic carbocycles. The van der Waals surface area contributed by atoms with Crippen LogP contribution in [0.3, 0.4) is 0 Å². The molecule has 0 radical (unpaired) electrons. The summed E-state index contributed by atoms with van der Waals surface area (Å²) in [6.07, 6.45) is 0.137. The largest absolute Gasteiger partial charge is 0.465 e. The van der Waals surface area contributed by atoms with Crippen molar-refractivity contribution < 1.29 is 14.3 Å². The number of hydrogen-bond acceptors (Lipinski definition) is 4. The van der Waals surface area contributed by atoms with Gasteiger partial charge in [0.15, 0.2) is 5.78 Å². The van der Waals surface area contributed by atoms with E-state index in [0.29, 0.717) is 17.9 Å². The molecule has 0 fully saturated rings. The van der Waals surface area contributed by atoms with E-state index in [0.717, 1.165) is 5.56 Å². The first-order valence-electron chi connectivity index (χ1n) is 10.9. The number of rotatable bonds is 8. The van der Waals surface area contributed by atoms with E-state index in [2.05, 4.69) is 65.8 Å². The summed E-state index contributed by atoms with van der Waals surface area (Å²) in [6.45, 7) is 15.1. The second-order valence-electron chi connectivity index (χ2n) is 9.95. The van der Waals surface area contributed by atoms with Crippen LogP contribution in [0.2, 0.25) is 0 Å². The normalized spacial score (nSPS) is 13.0. The van der Waals surface area contributed by atoms with E-state index < -0.39 is 5.25 Å². The van der Waals surface area contributed by atoms with Crippen molar-refractivity contribution in [3.63, 3.8) is 0 Å². The van der Waals surface area contributed by atoms with Crippen molar-refractivity contribution in [2.24, 2.45) is 0 Å². The minimum absolute atomic E-state index is 0.0332. The molecule has 0 N–H and O–H groups in total. The van der Waals surface area contributed by atoms with Gasteiger partial charge in [0.25, 0.3) is 0 Å². The maximum absolute atomic E-state index is 12.9. The number of carbonyl (C=O) groups excluding carboxylic acids is 2. The zero-order valence-electron chi connectivity index (χ0n) is 20.0. The highest BCUT2D eigenvalue weighted by molar-refractivity contribution is 7.99. The van der Waals surface area contributed by atoms with E-state index in [-0.39, 0.29) is 29.0 Å². The molecule has 3 nitrogen and oxygen atoms in total. The van der Waals surface area contributed by atoms with Gasteiger partial charge in [0.1, 0.15) is 5.25 Å². The summed E-state index contributed by atoms with van der Waals surface area (Å²) in [6, 6.07) is 16.2. The van der Waals surface area contributed by atoms with Gasteiger partial charge in [-0.2, -0.15) is 0 Å². The first kappa shape index (κ1) is 25.2. The van der Waals surface area contributed by atoms with Crippen molar-refractivity contribution >= 4 is 23.5 Å². The third kappa shape index (κ3) is 7.53. The number of hydrogen-bond donors (Lipinski definition) is 0. The van der Waals surface area contributed by atoms with Crippen molar-refractivity contribution in [3.8, 4) is 0 Å². The molecule has 2 aromatic rings. The maximum Gasteiger partial charge on any atom is 0.319 e. The molecule has 1 atom stereocenters. The summed E-state index contributed by atoms with van der Waals surface area (Å²) >= 11 is 1.47. The number of esters is 1. The quantitative estimate of drug-likeness (QED) is 0.337. The fourth-order valence-corrected chi connectivity index (χ4v) is 4.25. The van der Waals surface area contributed by atoms with E-state index in [1.807, 2.05) is 24.3 Å². The molecule has 0 spiro atoms. The Morgan fingerprint density at radius 2 is 1.32 bits per heavy atom. The molecule has 0 unspecified atom stereocenters. The van der Waals surface area contributed by atoms with Crippen LogP contribution in [0.15, 0.2) is 48.5 Å². The molecule has 0 saturated carbocycles. The van der Waals surface area contributed by atoms with E-state index in [9.17, 15) is 9.59 Å². The number of Topliss-reactive ketones (excluding diaryl/α,β-unsaturated/α-hetero) is 1. The van der Waals surface area contributed by atoms with Crippen LogP contribution in [0.4, 0.5) is 0 Å². The van der Waals surface area contributed by atoms with Gasteiger partial charge in [-0.05, 0) is 34.4 Å². The molecule has 4 heteroatoms. The number of benzene rings is 2. The Morgan fingerprint density at radius 3 is 1.77 bits per heavy atom. The molecule has 0 aromatic heterocycles. The third-order valence-corrected chi connectivity index (χ3v) is 6.53. The van der Waals surface area contributed by atoms with E-state index >= 15 is 0 Å². The van der Waals surface area contributed by atoms with Crippen LogP contribution in [-0.2, 0) is 26.1 Å². The maximum atomic E-state index is 12.9. The van der Waals surface area contributed by atoms with Crippen LogP contribution in [0.5, 0.6) is 0 Å². The van der Waals surface area contributed by atoms with Crippen molar-refractivity contribution in [2.75, 3.05) is 6.61 Å². The Morgan fingerprint density at radius 1 is 0.839 bits per heavy atom. The molecule has 31 heavy (non-hydrogen) atoms. The molecule has 0 bridgehead atoms. The van der Waals surface area contributed by atoms with Gasteiger partial charge in [0.2, 0.25) is 0 Å². The van der Waals surface area contributed by atoms with Crippen LogP contribution in [0.25, 0.3) is 0 Å². The Bertz CT molecular complexity index is 869. The van der Waals surface area contributed by atoms with Crippen LogP contribution < -0.4 is 0 Å². The second-order valence-corrected chi connectivity index (χ2v) is 11.1. The van der Waals surface area contributed by atoms with Crippen LogP contribution in [0, 0.1) is 0 Å². The summed E-state index contributed by atoms with van der Waals surface area (Å²) in [4.78, 5) is 25.4. The lowest BCUT2D eigenvalue weighted by Crippen LogP contribution is -2.24. The van der Waals surface area contributed by atoms with E-state index in [4.69, 9.17) is 4.74 Å². The Hall–Kier alpha value is -2.07. The molecular formula is C27H36O3S. The van der Waals surface area contributed by atoms with Crippen LogP contribution in [0.1, 0.15) is 81.9 Å². The molecule has 0 saturated heterocycles. The average molecular weight is 441 g/mol. The fourth-order valence-electron chi connectivity index (χ4n) is 3.19. The Kier molecular flexibility index (Phi) is 8.53. The predicted molar refractivity (Wildman–Crippen MR) is 131 cm³/mol. The molecule has 168 valence electrons. The molecule has 0 aliphatic rings. The van der Waals surface area contributed by atoms with Crippen LogP contribution >= 0.6 is 11.8 Å². The molecular weight excluding hydrogens is 404 g/mol. The molecule has 0 amide bonds. The Labute approximate surface area is 192 Å². The van der Waals surface area contributed by atoms with Crippen molar-refractivity contribution in [1.29, 1.82) is 0 Å². The summed E-state index contributed by atoms with van der Waals surface area (Å²) < 4.78 is 5.24. The highest BCUT2D eigenvalue weighted by Crippen LogP contribution is 2.27. The minimum Gasteiger partial charge on any atom is -0.465 e. The molecule has 0 heterocycles. The number of thioether (sulfide) groups is 1. The topological polar surface area (TPSA) is 43.4 Å². The number of ketones is 1. The standard InChI is InChI=1S/C27H36O3S/c1-8-30-25(29)24(31-18-19-9-13-21(14-10-19)26(2,3)4)17-23(28)20-11-15-22(16-12-20)27(5,6)7/h9-16,24H,8,17-18H2,1-7H3/t24-/m0/s1. The van der Waals surface area contributed by atoms with Crippen molar-refractivity contribution in [2.45, 2.75) is 76.7 Å². The molecule has 2 aromatic carbocycles.